The van der Waals surface area contributed by atoms with E-state index in [4.69, 9.17) is 5.26 Å². The quantitative estimate of drug-likeness (QED) is 0.880. The van der Waals surface area contributed by atoms with Gasteiger partial charge < -0.3 is 5.32 Å². The Morgan fingerprint density at radius 2 is 1.89 bits per heavy atom. The van der Waals surface area contributed by atoms with Crippen molar-refractivity contribution >= 4 is 5.69 Å². The van der Waals surface area contributed by atoms with Crippen LogP contribution in [0.4, 0.5) is 5.69 Å². The second kappa shape index (κ2) is 5.37. The number of rotatable bonds is 3. The minimum absolute atomic E-state index is 0.683. The zero-order valence-corrected chi connectivity index (χ0v) is 10.7. The van der Waals surface area contributed by atoms with Crippen LogP contribution in [0.15, 0.2) is 42.5 Å². The first kappa shape index (κ1) is 12.2. The highest BCUT2D eigenvalue weighted by Crippen LogP contribution is 2.16. The minimum Gasteiger partial charge on any atom is -0.380 e. The molecule has 0 radical (unpaired) electrons. The monoisotopic (exact) mass is 236 g/mol. The standard InChI is InChI=1S/C16H16N2/c1-12-7-8-15(13(2)9-12)11-18-16-6-4-3-5-14(16)10-17/h3-9,18H,11H2,1-2H3. The molecule has 2 nitrogen and oxygen atoms in total. The van der Waals surface area contributed by atoms with Crippen LogP contribution in [0.3, 0.4) is 0 Å². The molecular formula is C16H16N2. The lowest BCUT2D eigenvalue weighted by Gasteiger charge is -2.10. The van der Waals surface area contributed by atoms with Crippen molar-refractivity contribution < 1.29 is 0 Å². The molecule has 0 aliphatic carbocycles. The van der Waals surface area contributed by atoms with E-state index in [1.165, 1.54) is 16.7 Å². The van der Waals surface area contributed by atoms with Gasteiger partial charge in [-0.3, -0.25) is 0 Å². The number of anilines is 1. The van der Waals surface area contributed by atoms with E-state index in [1.807, 2.05) is 24.3 Å². The average Bonchev–Trinajstić information content (AvgIpc) is 2.38. The Hall–Kier alpha value is -2.27. The van der Waals surface area contributed by atoms with E-state index in [9.17, 15) is 0 Å². The summed E-state index contributed by atoms with van der Waals surface area (Å²) in [7, 11) is 0. The molecule has 2 aromatic carbocycles. The van der Waals surface area contributed by atoms with Crippen molar-refractivity contribution in [2.45, 2.75) is 20.4 Å². The first-order valence-corrected chi connectivity index (χ1v) is 6.00. The van der Waals surface area contributed by atoms with Gasteiger partial charge in [0.1, 0.15) is 6.07 Å². The number of aryl methyl sites for hydroxylation is 2. The summed E-state index contributed by atoms with van der Waals surface area (Å²) >= 11 is 0. The number of hydrogen-bond acceptors (Lipinski definition) is 2. The molecule has 0 unspecified atom stereocenters. The summed E-state index contributed by atoms with van der Waals surface area (Å²) in [5.41, 5.74) is 5.38. The molecule has 18 heavy (non-hydrogen) atoms. The summed E-state index contributed by atoms with van der Waals surface area (Å²) in [5.74, 6) is 0. The molecule has 90 valence electrons. The van der Waals surface area contributed by atoms with Crippen LogP contribution in [0.2, 0.25) is 0 Å². The molecule has 0 bridgehead atoms. The van der Waals surface area contributed by atoms with Gasteiger partial charge in [0, 0.05) is 6.54 Å². The SMILES string of the molecule is Cc1ccc(CNc2ccccc2C#N)c(C)c1. The minimum atomic E-state index is 0.683. The molecule has 0 aliphatic rings. The van der Waals surface area contributed by atoms with Crippen LogP contribution in [-0.4, -0.2) is 0 Å². The fourth-order valence-corrected chi connectivity index (χ4v) is 1.97. The fraction of sp³-hybridized carbons (Fsp3) is 0.188. The molecule has 2 rings (SSSR count). The van der Waals surface area contributed by atoms with E-state index in [0.29, 0.717) is 5.56 Å². The molecular weight excluding hydrogens is 220 g/mol. The van der Waals surface area contributed by atoms with Crippen molar-refractivity contribution in [3.05, 3.63) is 64.7 Å². The maximum absolute atomic E-state index is 9.02. The van der Waals surface area contributed by atoms with Crippen LogP contribution in [0.1, 0.15) is 22.3 Å². The molecule has 0 saturated heterocycles. The van der Waals surface area contributed by atoms with Crippen molar-refractivity contribution in [2.75, 3.05) is 5.32 Å². The number of nitrogens with zero attached hydrogens (tertiary/aromatic N) is 1. The first-order valence-electron chi connectivity index (χ1n) is 6.00. The van der Waals surface area contributed by atoms with Gasteiger partial charge in [-0.25, -0.2) is 0 Å². The molecule has 0 spiro atoms. The molecule has 1 N–H and O–H groups in total. The third kappa shape index (κ3) is 2.70. The third-order valence-electron chi connectivity index (χ3n) is 3.01. The Labute approximate surface area is 108 Å². The molecule has 0 fully saturated rings. The van der Waals surface area contributed by atoms with Crippen LogP contribution in [0, 0.1) is 25.2 Å². The van der Waals surface area contributed by atoms with Crippen LogP contribution in [-0.2, 0) is 6.54 Å². The molecule has 0 heterocycles. The third-order valence-corrected chi connectivity index (χ3v) is 3.01. The molecule has 2 heteroatoms. The number of benzene rings is 2. The van der Waals surface area contributed by atoms with E-state index in [0.717, 1.165) is 12.2 Å². The topological polar surface area (TPSA) is 35.8 Å². The van der Waals surface area contributed by atoms with Crippen LogP contribution in [0.5, 0.6) is 0 Å². The van der Waals surface area contributed by atoms with Crippen molar-refractivity contribution in [1.29, 1.82) is 5.26 Å². The lowest BCUT2D eigenvalue weighted by molar-refractivity contribution is 1.11. The highest BCUT2D eigenvalue weighted by Gasteiger charge is 2.02. The van der Waals surface area contributed by atoms with Crippen molar-refractivity contribution in [2.24, 2.45) is 0 Å². The van der Waals surface area contributed by atoms with Crippen molar-refractivity contribution in [3.63, 3.8) is 0 Å². The number of para-hydroxylation sites is 1. The lowest BCUT2D eigenvalue weighted by Crippen LogP contribution is -2.02. The Morgan fingerprint density at radius 3 is 2.61 bits per heavy atom. The molecule has 0 saturated carbocycles. The summed E-state index contributed by atoms with van der Waals surface area (Å²) < 4.78 is 0. The Kier molecular flexibility index (Phi) is 3.64. The lowest BCUT2D eigenvalue weighted by atomic mass is 10.1. The van der Waals surface area contributed by atoms with E-state index in [-0.39, 0.29) is 0 Å². The normalized spacial score (nSPS) is 9.83. The van der Waals surface area contributed by atoms with Gasteiger partial charge in [0.15, 0.2) is 0 Å². The van der Waals surface area contributed by atoms with Crippen molar-refractivity contribution in [1.82, 2.24) is 0 Å². The molecule has 0 aromatic heterocycles. The largest absolute Gasteiger partial charge is 0.380 e. The summed E-state index contributed by atoms with van der Waals surface area (Å²) in [5, 5.41) is 12.3. The van der Waals surface area contributed by atoms with E-state index in [1.54, 1.807) is 0 Å². The summed E-state index contributed by atoms with van der Waals surface area (Å²) in [6, 6.07) is 16.2. The summed E-state index contributed by atoms with van der Waals surface area (Å²) in [6.07, 6.45) is 0. The Bertz CT molecular complexity index is 594. The summed E-state index contributed by atoms with van der Waals surface area (Å²) in [4.78, 5) is 0. The zero-order chi connectivity index (χ0) is 13.0. The van der Waals surface area contributed by atoms with Crippen molar-refractivity contribution in [3.8, 4) is 6.07 Å². The van der Waals surface area contributed by atoms with Gasteiger partial charge in [-0.15, -0.1) is 0 Å². The predicted molar refractivity (Wildman–Crippen MR) is 74.4 cm³/mol. The maximum Gasteiger partial charge on any atom is 0.101 e. The fourth-order valence-electron chi connectivity index (χ4n) is 1.97. The van der Waals surface area contributed by atoms with Gasteiger partial charge in [0.25, 0.3) is 0 Å². The average molecular weight is 236 g/mol. The van der Waals surface area contributed by atoms with Crippen LogP contribution >= 0.6 is 0 Å². The smallest absolute Gasteiger partial charge is 0.101 e. The second-order valence-electron chi connectivity index (χ2n) is 4.44. The maximum atomic E-state index is 9.02. The Morgan fingerprint density at radius 1 is 1.11 bits per heavy atom. The van der Waals surface area contributed by atoms with Gasteiger partial charge in [-0.1, -0.05) is 35.9 Å². The zero-order valence-electron chi connectivity index (χ0n) is 10.7. The number of hydrogen-bond donors (Lipinski definition) is 1. The van der Waals surface area contributed by atoms with Gasteiger partial charge in [-0.2, -0.15) is 5.26 Å². The molecule has 0 atom stereocenters. The Balaban J connectivity index is 2.14. The van der Waals surface area contributed by atoms with E-state index < -0.39 is 0 Å². The van der Waals surface area contributed by atoms with E-state index >= 15 is 0 Å². The molecule has 2 aromatic rings. The number of nitriles is 1. The first-order chi connectivity index (χ1) is 8.70. The highest BCUT2D eigenvalue weighted by molar-refractivity contribution is 5.57. The van der Waals surface area contributed by atoms with Gasteiger partial charge in [0.2, 0.25) is 0 Å². The predicted octanol–water partition coefficient (Wildman–Crippen LogP) is 3.79. The highest BCUT2D eigenvalue weighted by atomic mass is 14.9. The van der Waals surface area contributed by atoms with Crippen LogP contribution < -0.4 is 5.32 Å². The van der Waals surface area contributed by atoms with Crippen LogP contribution in [0.25, 0.3) is 0 Å². The van der Waals surface area contributed by atoms with E-state index in [2.05, 4.69) is 43.4 Å². The van der Waals surface area contributed by atoms with Gasteiger partial charge >= 0.3 is 0 Å². The van der Waals surface area contributed by atoms with Gasteiger partial charge in [0.05, 0.1) is 11.3 Å². The molecule has 0 amide bonds. The molecule has 0 aliphatic heterocycles. The van der Waals surface area contributed by atoms with Gasteiger partial charge in [-0.05, 0) is 37.1 Å². The second-order valence-corrected chi connectivity index (χ2v) is 4.44. The summed E-state index contributed by atoms with van der Waals surface area (Å²) in [6.45, 7) is 4.94. The number of nitrogens with one attached hydrogen (secondary N) is 1.